The van der Waals surface area contributed by atoms with Crippen LogP contribution in [-0.2, 0) is 4.79 Å². The van der Waals surface area contributed by atoms with E-state index in [0.29, 0.717) is 0 Å². The van der Waals surface area contributed by atoms with Crippen molar-refractivity contribution < 1.29 is 9.90 Å². The maximum atomic E-state index is 9.93. The maximum absolute atomic E-state index is 9.93. The predicted molar refractivity (Wildman–Crippen MR) is 46.9 cm³/mol. The van der Waals surface area contributed by atoms with Crippen molar-refractivity contribution in [3.05, 3.63) is 12.2 Å². The molecule has 3 N–H and O–H groups in total. The van der Waals surface area contributed by atoms with Gasteiger partial charge in [-0.25, -0.2) is 4.79 Å². The first-order valence-corrected chi connectivity index (χ1v) is 3.28. The molecule has 66 valence electrons. The summed E-state index contributed by atoms with van der Waals surface area (Å²) < 4.78 is 0. The number of aliphatic carboxylic acids is 1. The van der Waals surface area contributed by atoms with Crippen molar-refractivity contribution in [2.75, 3.05) is 0 Å². The second-order valence-electron chi connectivity index (χ2n) is 2.30. The van der Waals surface area contributed by atoms with Crippen LogP contribution in [0.1, 0.15) is 19.8 Å². The average Bonchev–Trinajstić information content (AvgIpc) is 1.79. The van der Waals surface area contributed by atoms with Crippen LogP contribution in [0.15, 0.2) is 12.2 Å². The van der Waals surface area contributed by atoms with Crippen LogP contribution in [0.4, 0.5) is 0 Å². The van der Waals surface area contributed by atoms with Gasteiger partial charge in [0, 0.05) is 12.1 Å². The lowest BCUT2D eigenvalue weighted by Gasteiger charge is -1.98. The quantitative estimate of drug-likeness (QED) is 0.637. The van der Waals surface area contributed by atoms with E-state index in [0.717, 1.165) is 18.9 Å². The van der Waals surface area contributed by atoms with Crippen molar-refractivity contribution in [3.63, 3.8) is 0 Å². The molecule has 0 saturated heterocycles. The molecule has 0 aliphatic rings. The van der Waals surface area contributed by atoms with Crippen molar-refractivity contribution in [2.45, 2.75) is 25.8 Å². The molecule has 0 aromatic carbocycles. The van der Waals surface area contributed by atoms with Crippen molar-refractivity contribution in [1.82, 2.24) is 0 Å². The number of carboxylic acid groups (broad SMARTS) is 1. The number of allylic oxidation sites excluding steroid dienone is 1. The molecule has 0 fully saturated rings. The van der Waals surface area contributed by atoms with Crippen LogP contribution in [0.25, 0.3) is 0 Å². The van der Waals surface area contributed by atoms with Crippen LogP contribution < -0.4 is 5.73 Å². The molecule has 0 aliphatic carbocycles. The smallest absolute Gasteiger partial charge is 0.327 e. The summed E-state index contributed by atoms with van der Waals surface area (Å²) in [7, 11) is 0. The second-order valence-corrected chi connectivity index (χ2v) is 2.30. The summed E-state index contributed by atoms with van der Waals surface area (Å²) in [5.74, 6) is -0.898. The fourth-order valence-electron chi connectivity index (χ4n) is 0.543. The Hall–Kier alpha value is -0.540. The molecular weight excluding hydrogens is 166 g/mol. The Morgan fingerprint density at radius 2 is 2.27 bits per heavy atom. The van der Waals surface area contributed by atoms with Crippen molar-refractivity contribution in [2.24, 2.45) is 5.73 Å². The van der Waals surface area contributed by atoms with E-state index >= 15 is 0 Å². The molecule has 0 aromatic rings. The zero-order valence-corrected chi connectivity index (χ0v) is 7.30. The van der Waals surface area contributed by atoms with E-state index in [4.69, 9.17) is 10.8 Å². The van der Waals surface area contributed by atoms with Gasteiger partial charge in [-0.2, -0.15) is 0 Å². The summed E-state index contributed by atoms with van der Waals surface area (Å²) in [6.45, 7) is 1.90. The average molecular weight is 180 g/mol. The number of halogens is 1. The number of rotatable bonds is 4. The monoisotopic (exact) mass is 179 g/mol. The maximum Gasteiger partial charge on any atom is 0.327 e. The van der Waals surface area contributed by atoms with E-state index in [-0.39, 0.29) is 18.4 Å². The molecule has 0 saturated carbocycles. The first-order chi connectivity index (χ1) is 4.63. The van der Waals surface area contributed by atoms with Gasteiger partial charge in [-0.05, 0) is 19.8 Å². The fraction of sp³-hybridized carbons (Fsp3) is 0.571. The highest BCUT2D eigenvalue weighted by atomic mass is 35.5. The van der Waals surface area contributed by atoms with Gasteiger partial charge in [0.1, 0.15) is 0 Å². The number of carbonyl (C=O) groups is 1. The first-order valence-electron chi connectivity index (χ1n) is 3.28. The molecule has 0 aliphatic heterocycles. The second kappa shape index (κ2) is 7.57. The van der Waals surface area contributed by atoms with Crippen LogP contribution in [0, 0.1) is 0 Å². The zero-order valence-electron chi connectivity index (χ0n) is 6.49. The van der Waals surface area contributed by atoms with E-state index in [1.54, 1.807) is 6.08 Å². The molecule has 0 heterocycles. The van der Waals surface area contributed by atoms with Crippen LogP contribution in [0.3, 0.4) is 0 Å². The highest BCUT2D eigenvalue weighted by molar-refractivity contribution is 5.85. The van der Waals surface area contributed by atoms with Gasteiger partial charge >= 0.3 is 5.97 Å². The molecule has 1 unspecified atom stereocenters. The van der Waals surface area contributed by atoms with Gasteiger partial charge in [-0.1, -0.05) is 6.08 Å². The molecule has 0 rings (SSSR count). The van der Waals surface area contributed by atoms with Gasteiger partial charge in [0.05, 0.1) is 0 Å². The third kappa shape index (κ3) is 12.6. The zero-order chi connectivity index (χ0) is 7.98. The SMILES string of the molecule is CC(N)CC/C=C/C(=O)O.Cl. The van der Waals surface area contributed by atoms with Crippen LogP contribution in [-0.4, -0.2) is 17.1 Å². The Morgan fingerprint density at radius 3 is 2.64 bits per heavy atom. The van der Waals surface area contributed by atoms with E-state index in [1.807, 2.05) is 6.92 Å². The minimum Gasteiger partial charge on any atom is -0.478 e. The van der Waals surface area contributed by atoms with Crippen molar-refractivity contribution in [1.29, 1.82) is 0 Å². The minimum atomic E-state index is -0.898. The number of hydrogen-bond acceptors (Lipinski definition) is 2. The molecule has 1 atom stereocenters. The first kappa shape index (κ1) is 13.1. The normalized spacial score (nSPS) is 12.5. The molecule has 0 amide bonds. The Bertz CT molecular complexity index is 134. The van der Waals surface area contributed by atoms with Crippen LogP contribution in [0.5, 0.6) is 0 Å². The molecule has 0 aromatic heterocycles. The van der Waals surface area contributed by atoms with Crippen LogP contribution >= 0.6 is 12.4 Å². The van der Waals surface area contributed by atoms with Gasteiger partial charge in [0.15, 0.2) is 0 Å². The van der Waals surface area contributed by atoms with Gasteiger partial charge < -0.3 is 10.8 Å². The summed E-state index contributed by atoms with van der Waals surface area (Å²) >= 11 is 0. The molecule has 11 heavy (non-hydrogen) atoms. The molecule has 4 heteroatoms. The fourth-order valence-corrected chi connectivity index (χ4v) is 0.543. The Morgan fingerprint density at radius 1 is 1.73 bits per heavy atom. The topological polar surface area (TPSA) is 63.3 Å². The minimum absolute atomic E-state index is 0. The Labute approximate surface area is 72.7 Å². The lowest BCUT2D eigenvalue weighted by Crippen LogP contribution is -2.13. The summed E-state index contributed by atoms with van der Waals surface area (Å²) in [6, 6.07) is 0.151. The molecule has 3 nitrogen and oxygen atoms in total. The van der Waals surface area contributed by atoms with Crippen molar-refractivity contribution >= 4 is 18.4 Å². The molecular formula is C7H14ClNO2. The Balaban J connectivity index is 0. The summed E-state index contributed by atoms with van der Waals surface area (Å²) in [4.78, 5) is 9.93. The molecule has 0 radical (unpaired) electrons. The van der Waals surface area contributed by atoms with Crippen LogP contribution in [0.2, 0.25) is 0 Å². The van der Waals surface area contributed by atoms with E-state index in [9.17, 15) is 4.79 Å². The molecule has 0 bridgehead atoms. The largest absolute Gasteiger partial charge is 0.478 e. The van der Waals surface area contributed by atoms with Gasteiger partial charge in [0.2, 0.25) is 0 Å². The van der Waals surface area contributed by atoms with Gasteiger partial charge in [-0.15, -0.1) is 12.4 Å². The predicted octanol–water partition coefficient (Wildman–Crippen LogP) is 1.18. The molecule has 0 spiro atoms. The standard InChI is InChI=1S/C7H13NO2.ClH/c1-6(8)4-2-3-5-7(9)10;/h3,5-6H,2,4,8H2,1H3,(H,9,10);1H/b5-3+;. The third-order valence-corrected chi connectivity index (χ3v) is 1.05. The summed E-state index contributed by atoms with van der Waals surface area (Å²) in [5, 5.41) is 8.16. The van der Waals surface area contributed by atoms with Crippen molar-refractivity contribution in [3.8, 4) is 0 Å². The lowest BCUT2D eigenvalue weighted by molar-refractivity contribution is -0.131. The summed E-state index contributed by atoms with van der Waals surface area (Å²) in [5.41, 5.74) is 5.43. The number of hydrogen-bond donors (Lipinski definition) is 2. The van der Waals surface area contributed by atoms with E-state index in [2.05, 4.69) is 0 Å². The number of carboxylic acids is 1. The van der Waals surface area contributed by atoms with E-state index in [1.165, 1.54) is 0 Å². The van der Waals surface area contributed by atoms with E-state index < -0.39 is 5.97 Å². The highest BCUT2D eigenvalue weighted by Crippen LogP contribution is 1.93. The number of nitrogens with two attached hydrogens (primary N) is 1. The van der Waals surface area contributed by atoms with Gasteiger partial charge in [0.25, 0.3) is 0 Å². The highest BCUT2D eigenvalue weighted by Gasteiger charge is 1.90. The Kier molecular flexibility index (Phi) is 9.00. The van der Waals surface area contributed by atoms with Gasteiger partial charge in [-0.3, -0.25) is 0 Å². The third-order valence-electron chi connectivity index (χ3n) is 1.05. The summed E-state index contributed by atoms with van der Waals surface area (Å²) in [6.07, 6.45) is 4.34. The lowest BCUT2D eigenvalue weighted by atomic mass is 10.2.